The Morgan fingerprint density at radius 3 is 3.25 bits per heavy atom. The van der Waals surface area contributed by atoms with E-state index in [0.717, 1.165) is 15.7 Å². The fourth-order valence-corrected chi connectivity index (χ4v) is 1.52. The van der Waals surface area contributed by atoms with Crippen molar-refractivity contribution in [3.05, 3.63) is 28.0 Å². The Bertz CT molecular complexity index is 338. The van der Waals surface area contributed by atoms with Crippen LogP contribution in [-0.4, -0.2) is 11.0 Å². The van der Waals surface area contributed by atoms with Gasteiger partial charge < -0.3 is 4.74 Å². The van der Waals surface area contributed by atoms with Gasteiger partial charge in [-0.2, -0.15) is 0 Å². The number of pyridine rings is 1. The lowest BCUT2D eigenvalue weighted by Crippen LogP contribution is -2.17. The predicted molar refractivity (Wildman–Crippen MR) is 45.4 cm³/mol. The molecule has 0 bridgehead atoms. The molecule has 2 heterocycles. The predicted octanol–water partition coefficient (Wildman–Crippen LogP) is 1.44. The molecule has 0 amide bonds. The topological polar surface area (TPSA) is 39.2 Å². The summed E-state index contributed by atoms with van der Waals surface area (Å²) in [5.41, 5.74) is 1.82. The number of cyclic esters (lactones) is 1. The lowest BCUT2D eigenvalue weighted by molar-refractivity contribution is -0.145. The van der Waals surface area contributed by atoms with E-state index in [4.69, 9.17) is 4.74 Å². The number of nitrogens with zero attached hydrogens (tertiary/aromatic N) is 1. The molecule has 1 aliphatic rings. The molecule has 0 radical (unpaired) electrons. The number of aromatic nitrogens is 1. The van der Waals surface area contributed by atoms with Gasteiger partial charge in [-0.15, -0.1) is 0 Å². The zero-order valence-corrected chi connectivity index (χ0v) is 7.80. The Labute approximate surface area is 77.9 Å². The number of fused-ring (bicyclic) bond motifs is 1. The SMILES string of the molecule is O=C1Cc2ncc(Br)cc2CO1. The van der Waals surface area contributed by atoms with Crippen molar-refractivity contribution in [2.45, 2.75) is 13.0 Å². The molecule has 0 spiro atoms. The van der Waals surface area contributed by atoms with Crippen molar-refractivity contribution in [1.82, 2.24) is 4.98 Å². The maximum absolute atomic E-state index is 10.8. The lowest BCUT2D eigenvalue weighted by Gasteiger charge is -2.14. The highest BCUT2D eigenvalue weighted by molar-refractivity contribution is 9.10. The van der Waals surface area contributed by atoms with Crippen molar-refractivity contribution in [2.75, 3.05) is 0 Å². The van der Waals surface area contributed by atoms with Crippen LogP contribution in [0.4, 0.5) is 0 Å². The average molecular weight is 228 g/mol. The minimum Gasteiger partial charge on any atom is -0.460 e. The first-order valence-electron chi connectivity index (χ1n) is 3.54. The zero-order valence-electron chi connectivity index (χ0n) is 6.21. The molecule has 1 aromatic heterocycles. The van der Waals surface area contributed by atoms with Gasteiger partial charge in [-0.25, -0.2) is 0 Å². The van der Waals surface area contributed by atoms with Crippen LogP contribution >= 0.6 is 15.9 Å². The van der Waals surface area contributed by atoms with Gasteiger partial charge in [0.2, 0.25) is 0 Å². The number of hydrogen-bond donors (Lipinski definition) is 0. The van der Waals surface area contributed by atoms with Crippen LogP contribution in [0.15, 0.2) is 16.7 Å². The van der Waals surface area contributed by atoms with Crippen LogP contribution < -0.4 is 0 Å². The molecule has 0 fully saturated rings. The summed E-state index contributed by atoms with van der Waals surface area (Å²) in [6, 6.07) is 1.93. The highest BCUT2D eigenvalue weighted by atomic mass is 79.9. The number of rotatable bonds is 0. The Balaban J connectivity index is 2.43. The summed E-state index contributed by atoms with van der Waals surface area (Å²) < 4.78 is 5.78. The van der Waals surface area contributed by atoms with Crippen molar-refractivity contribution < 1.29 is 9.53 Å². The average Bonchev–Trinajstić information content (AvgIpc) is 2.05. The first-order valence-corrected chi connectivity index (χ1v) is 4.34. The number of carbonyl (C=O) groups is 1. The summed E-state index contributed by atoms with van der Waals surface area (Å²) in [5.74, 6) is -0.197. The third kappa shape index (κ3) is 1.34. The van der Waals surface area contributed by atoms with Crippen LogP contribution in [0.5, 0.6) is 0 Å². The van der Waals surface area contributed by atoms with E-state index in [1.165, 1.54) is 0 Å². The van der Waals surface area contributed by atoms with Crippen LogP contribution in [0.2, 0.25) is 0 Å². The summed E-state index contributed by atoms with van der Waals surface area (Å²) in [7, 11) is 0. The van der Waals surface area contributed by atoms with Gasteiger partial charge in [0.25, 0.3) is 0 Å². The first kappa shape index (κ1) is 7.73. The third-order valence-electron chi connectivity index (χ3n) is 1.73. The highest BCUT2D eigenvalue weighted by Gasteiger charge is 2.17. The second kappa shape index (κ2) is 2.86. The minimum absolute atomic E-state index is 0.197. The van der Waals surface area contributed by atoms with E-state index < -0.39 is 0 Å². The molecule has 0 saturated carbocycles. The summed E-state index contributed by atoms with van der Waals surface area (Å²) in [4.78, 5) is 15.0. The van der Waals surface area contributed by atoms with Gasteiger partial charge in [0.15, 0.2) is 0 Å². The molecule has 0 unspecified atom stereocenters. The van der Waals surface area contributed by atoms with Crippen LogP contribution in [0.25, 0.3) is 0 Å². The monoisotopic (exact) mass is 227 g/mol. The van der Waals surface area contributed by atoms with Gasteiger partial charge in [-0.05, 0) is 22.0 Å². The number of esters is 1. The van der Waals surface area contributed by atoms with Crippen molar-refractivity contribution in [3.8, 4) is 0 Å². The molecule has 0 saturated heterocycles. The van der Waals surface area contributed by atoms with Crippen LogP contribution in [0.3, 0.4) is 0 Å². The van der Waals surface area contributed by atoms with Crippen molar-refractivity contribution in [2.24, 2.45) is 0 Å². The van der Waals surface area contributed by atoms with Gasteiger partial charge in [-0.1, -0.05) is 0 Å². The normalized spacial score (nSPS) is 15.2. The molecule has 0 aromatic carbocycles. The molecule has 1 aromatic rings. The van der Waals surface area contributed by atoms with E-state index in [0.29, 0.717) is 13.0 Å². The van der Waals surface area contributed by atoms with E-state index in [2.05, 4.69) is 20.9 Å². The van der Waals surface area contributed by atoms with Crippen molar-refractivity contribution in [1.29, 1.82) is 0 Å². The molecule has 2 rings (SSSR count). The third-order valence-corrected chi connectivity index (χ3v) is 2.16. The number of halogens is 1. The van der Waals surface area contributed by atoms with Crippen LogP contribution in [-0.2, 0) is 22.6 Å². The van der Waals surface area contributed by atoms with E-state index in [1.54, 1.807) is 6.20 Å². The van der Waals surface area contributed by atoms with Gasteiger partial charge in [-0.3, -0.25) is 9.78 Å². The van der Waals surface area contributed by atoms with E-state index in [1.807, 2.05) is 6.07 Å². The van der Waals surface area contributed by atoms with Gasteiger partial charge in [0.05, 0.1) is 12.1 Å². The molecule has 62 valence electrons. The van der Waals surface area contributed by atoms with E-state index in [9.17, 15) is 4.79 Å². The van der Waals surface area contributed by atoms with Gasteiger partial charge in [0.1, 0.15) is 6.61 Å². The Kier molecular flexibility index (Phi) is 1.84. The molecule has 4 heteroatoms. The van der Waals surface area contributed by atoms with E-state index >= 15 is 0 Å². The summed E-state index contributed by atoms with van der Waals surface area (Å²) >= 11 is 3.30. The maximum atomic E-state index is 10.8. The Hall–Kier alpha value is -0.900. The summed E-state index contributed by atoms with van der Waals surface area (Å²) in [6.45, 7) is 0.348. The smallest absolute Gasteiger partial charge is 0.312 e. The van der Waals surface area contributed by atoms with Crippen molar-refractivity contribution in [3.63, 3.8) is 0 Å². The standard InChI is InChI=1S/C8H6BrNO2/c9-6-1-5-4-12-8(11)2-7(5)10-3-6/h1,3H,2,4H2. The second-order valence-corrected chi connectivity index (χ2v) is 3.51. The fourth-order valence-electron chi connectivity index (χ4n) is 1.14. The summed E-state index contributed by atoms with van der Waals surface area (Å²) in [6.07, 6.45) is 1.99. The maximum Gasteiger partial charge on any atom is 0.312 e. The second-order valence-electron chi connectivity index (χ2n) is 2.60. The molecule has 0 aliphatic carbocycles. The molecular weight excluding hydrogens is 222 g/mol. The largest absolute Gasteiger partial charge is 0.460 e. The zero-order chi connectivity index (χ0) is 8.55. The van der Waals surface area contributed by atoms with Crippen LogP contribution in [0, 0.1) is 0 Å². The highest BCUT2D eigenvalue weighted by Crippen LogP contribution is 2.18. The number of hydrogen-bond acceptors (Lipinski definition) is 3. The first-order chi connectivity index (χ1) is 5.75. The lowest BCUT2D eigenvalue weighted by atomic mass is 10.1. The molecule has 0 N–H and O–H groups in total. The fraction of sp³-hybridized carbons (Fsp3) is 0.250. The van der Waals surface area contributed by atoms with Gasteiger partial charge >= 0.3 is 5.97 Å². The number of carbonyl (C=O) groups excluding carboxylic acids is 1. The molecule has 1 aliphatic heterocycles. The Morgan fingerprint density at radius 2 is 2.42 bits per heavy atom. The summed E-state index contributed by atoms with van der Waals surface area (Å²) in [5, 5.41) is 0. The van der Waals surface area contributed by atoms with Gasteiger partial charge in [0, 0.05) is 16.2 Å². The molecular formula is C8H6BrNO2. The molecule has 12 heavy (non-hydrogen) atoms. The van der Waals surface area contributed by atoms with Crippen LogP contribution in [0.1, 0.15) is 11.3 Å². The van der Waals surface area contributed by atoms with Crippen molar-refractivity contribution >= 4 is 21.9 Å². The number of ether oxygens (including phenoxy) is 1. The molecule has 0 atom stereocenters. The Morgan fingerprint density at radius 1 is 1.58 bits per heavy atom. The van der Waals surface area contributed by atoms with E-state index in [-0.39, 0.29) is 5.97 Å². The quantitative estimate of drug-likeness (QED) is 0.630. The molecule has 3 nitrogen and oxygen atoms in total. The minimum atomic E-state index is -0.197.